The summed E-state index contributed by atoms with van der Waals surface area (Å²) in [6.07, 6.45) is 1.12. The predicted octanol–water partition coefficient (Wildman–Crippen LogP) is 4.44. The minimum atomic E-state index is -0.897. The number of hydrazone groups is 1. The summed E-state index contributed by atoms with van der Waals surface area (Å²) in [5, 5.41) is 6.80. The number of hydrogen-bond acceptors (Lipinski definition) is 4. The number of anilines is 1. The zero-order chi connectivity index (χ0) is 24.0. The van der Waals surface area contributed by atoms with Gasteiger partial charge in [0.15, 0.2) is 0 Å². The highest BCUT2D eigenvalue weighted by atomic mass is 16.2. The Hall–Kier alpha value is -4.00. The molecule has 7 heteroatoms. The van der Waals surface area contributed by atoms with Gasteiger partial charge in [-0.05, 0) is 38.0 Å². The molecule has 0 bridgehead atoms. The topological polar surface area (TPSA) is 85.8 Å². The van der Waals surface area contributed by atoms with E-state index in [1.165, 1.54) is 9.91 Å². The Labute approximate surface area is 197 Å². The number of imide groups is 1. The first-order valence-corrected chi connectivity index (χ1v) is 11.6. The van der Waals surface area contributed by atoms with E-state index in [0.717, 1.165) is 16.6 Å². The Balaban J connectivity index is 1.73. The number of carbonyl (C=O) groups is 3. The zero-order valence-electron chi connectivity index (χ0n) is 19.5. The third-order valence-electron chi connectivity index (χ3n) is 6.46. The van der Waals surface area contributed by atoms with Crippen molar-refractivity contribution >= 4 is 45.6 Å². The highest BCUT2D eigenvalue weighted by molar-refractivity contribution is 6.40. The van der Waals surface area contributed by atoms with Crippen molar-refractivity contribution in [3.8, 4) is 0 Å². The third-order valence-corrected chi connectivity index (χ3v) is 6.46. The number of fused-ring (bicyclic) bond motifs is 1. The van der Waals surface area contributed by atoms with Crippen LogP contribution in [0.5, 0.6) is 0 Å². The van der Waals surface area contributed by atoms with Gasteiger partial charge in [0.25, 0.3) is 17.7 Å². The minimum Gasteiger partial charge on any atom is -0.358 e. The van der Waals surface area contributed by atoms with E-state index in [0.29, 0.717) is 41.9 Å². The molecule has 7 nitrogen and oxygen atoms in total. The lowest BCUT2D eigenvalue weighted by molar-refractivity contribution is -0.137. The molecule has 3 aromatic rings. The monoisotopic (exact) mass is 454 g/mol. The van der Waals surface area contributed by atoms with Gasteiger partial charge in [0.2, 0.25) is 0 Å². The van der Waals surface area contributed by atoms with E-state index in [1.807, 2.05) is 63.2 Å². The molecule has 34 heavy (non-hydrogen) atoms. The summed E-state index contributed by atoms with van der Waals surface area (Å²) in [4.78, 5) is 45.7. The predicted molar refractivity (Wildman–Crippen MR) is 132 cm³/mol. The average molecular weight is 455 g/mol. The maximum atomic E-state index is 13.7. The molecule has 3 heterocycles. The van der Waals surface area contributed by atoms with E-state index in [2.05, 4.69) is 10.1 Å². The summed E-state index contributed by atoms with van der Waals surface area (Å²) in [5.74, 6) is -1.96. The van der Waals surface area contributed by atoms with Crippen LogP contribution in [0.25, 0.3) is 16.5 Å². The molecule has 0 aliphatic carbocycles. The van der Waals surface area contributed by atoms with Gasteiger partial charge in [0.1, 0.15) is 5.92 Å². The first kappa shape index (κ1) is 21.8. The highest BCUT2D eigenvalue weighted by Crippen LogP contribution is 2.41. The summed E-state index contributed by atoms with van der Waals surface area (Å²) < 4.78 is 0. The smallest absolute Gasteiger partial charge is 0.261 e. The van der Waals surface area contributed by atoms with Gasteiger partial charge in [-0.1, -0.05) is 50.2 Å². The molecule has 0 radical (unpaired) electrons. The number of aromatic amines is 1. The van der Waals surface area contributed by atoms with Gasteiger partial charge in [-0.3, -0.25) is 19.3 Å². The van der Waals surface area contributed by atoms with Crippen LogP contribution in [0.1, 0.15) is 37.9 Å². The van der Waals surface area contributed by atoms with Gasteiger partial charge in [0, 0.05) is 34.3 Å². The van der Waals surface area contributed by atoms with E-state index >= 15 is 0 Å². The number of hydrogen-bond donors (Lipinski definition) is 1. The Bertz CT molecular complexity index is 1380. The molecule has 5 rings (SSSR count). The van der Waals surface area contributed by atoms with Crippen molar-refractivity contribution in [3.05, 3.63) is 71.4 Å². The van der Waals surface area contributed by atoms with Crippen LogP contribution < -0.4 is 5.01 Å². The van der Waals surface area contributed by atoms with Gasteiger partial charge in [-0.15, -0.1) is 0 Å². The van der Waals surface area contributed by atoms with Crippen molar-refractivity contribution in [1.29, 1.82) is 0 Å². The van der Waals surface area contributed by atoms with Gasteiger partial charge >= 0.3 is 0 Å². The number of benzene rings is 2. The van der Waals surface area contributed by atoms with Crippen LogP contribution in [-0.2, 0) is 14.4 Å². The van der Waals surface area contributed by atoms with Crippen molar-refractivity contribution in [2.75, 3.05) is 11.6 Å². The van der Waals surface area contributed by atoms with E-state index in [1.54, 1.807) is 12.1 Å². The summed E-state index contributed by atoms with van der Waals surface area (Å²) >= 11 is 0. The van der Waals surface area contributed by atoms with Crippen LogP contribution in [0, 0.1) is 12.8 Å². The molecule has 0 saturated heterocycles. The number of carbonyl (C=O) groups excluding carboxylic acids is 3. The third kappa shape index (κ3) is 3.19. The van der Waals surface area contributed by atoms with Gasteiger partial charge in [-0.25, -0.2) is 0 Å². The fourth-order valence-corrected chi connectivity index (χ4v) is 4.95. The summed E-state index contributed by atoms with van der Waals surface area (Å²) in [6.45, 7) is 6.03. The number of aryl methyl sites for hydroxylation is 1. The van der Waals surface area contributed by atoms with Crippen molar-refractivity contribution < 1.29 is 14.4 Å². The van der Waals surface area contributed by atoms with Gasteiger partial charge in [0.05, 0.1) is 17.0 Å². The lowest BCUT2D eigenvalue weighted by Crippen LogP contribution is -2.36. The molecule has 0 fully saturated rings. The second-order valence-corrected chi connectivity index (χ2v) is 8.58. The fourth-order valence-electron chi connectivity index (χ4n) is 4.95. The number of nitrogens with zero attached hydrogens (tertiary/aromatic N) is 3. The Kier molecular flexibility index (Phi) is 5.40. The quantitative estimate of drug-likeness (QED) is 0.559. The van der Waals surface area contributed by atoms with Crippen molar-refractivity contribution in [2.45, 2.75) is 33.6 Å². The number of aromatic nitrogens is 1. The molecule has 2 aliphatic heterocycles. The molecule has 2 aromatic carbocycles. The summed E-state index contributed by atoms with van der Waals surface area (Å²) in [7, 11) is 0. The molecule has 2 aliphatic rings. The maximum absolute atomic E-state index is 13.7. The molecule has 1 atom stereocenters. The standard InChI is InChI=1S/C27H26N4O3/c1-4-15-30-25(32)23(21-16(3)28-20-14-10-9-13-18(20)21)24(26(30)33)22-19(5-2)29-31(27(22)34)17-11-7-6-8-12-17/h6-14,22,28H,4-5,15H2,1-3H3/t22-/m1/s1. The summed E-state index contributed by atoms with van der Waals surface area (Å²) in [6, 6.07) is 16.9. The minimum absolute atomic E-state index is 0.232. The van der Waals surface area contributed by atoms with Crippen molar-refractivity contribution in [3.63, 3.8) is 0 Å². The molecule has 1 aromatic heterocycles. The summed E-state index contributed by atoms with van der Waals surface area (Å²) in [5.41, 5.74) is 4.10. The SMILES string of the molecule is CCCN1C(=O)C(c2c(C)[nH]c3ccccc23)=C([C@@H]2C(=O)N(c3ccccc3)N=C2CC)C1=O. The number of para-hydroxylation sites is 2. The van der Waals surface area contributed by atoms with Crippen LogP contribution in [0.4, 0.5) is 5.69 Å². The molecule has 0 saturated carbocycles. The average Bonchev–Trinajstić information content (AvgIpc) is 3.43. The Morgan fingerprint density at radius 3 is 2.35 bits per heavy atom. The molecule has 3 amide bonds. The Morgan fingerprint density at radius 2 is 1.65 bits per heavy atom. The number of amides is 3. The van der Waals surface area contributed by atoms with Crippen LogP contribution in [0.15, 0.2) is 65.3 Å². The fraction of sp³-hybridized carbons (Fsp3) is 0.259. The number of nitrogens with one attached hydrogen (secondary N) is 1. The number of H-pyrrole nitrogens is 1. The normalized spacial score (nSPS) is 18.6. The van der Waals surface area contributed by atoms with E-state index in [4.69, 9.17) is 0 Å². The highest BCUT2D eigenvalue weighted by Gasteiger charge is 2.49. The number of rotatable bonds is 6. The molecule has 172 valence electrons. The first-order chi connectivity index (χ1) is 16.5. The molecular weight excluding hydrogens is 428 g/mol. The van der Waals surface area contributed by atoms with Crippen LogP contribution in [0.2, 0.25) is 0 Å². The Morgan fingerprint density at radius 1 is 0.941 bits per heavy atom. The van der Waals surface area contributed by atoms with Gasteiger partial charge < -0.3 is 4.98 Å². The van der Waals surface area contributed by atoms with Gasteiger partial charge in [-0.2, -0.15) is 10.1 Å². The maximum Gasteiger partial charge on any atom is 0.261 e. The second kappa shape index (κ2) is 8.41. The van der Waals surface area contributed by atoms with Crippen LogP contribution >= 0.6 is 0 Å². The molecule has 0 spiro atoms. The molecular formula is C27H26N4O3. The van der Waals surface area contributed by atoms with Crippen LogP contribution in [-0.4, -0.2) is 39.9 Å². The van der Waals surface area contributed by atoms with E-state index in [-0.39, 0.29) is 17.4 Å². The van der Waals surface area contributed by atoms with Crippen molar-refractivity contribution in [2.24, 2.45) is 11.0 Å². The van der Waals surface area contributed by atoms with Crippen LogP contribution in [0.3, 0.4) is 0 Å². The second-order valence-electron chi connectivity index (χ2n) is 8.58. The lowest BCUT2D eigenvalue weighted by Gasteiger charge is -2.17. The van der Waals surface area contributed by atoms with E-state index in [9.17, 15) is 14.4 Å². The molecule has 0 unspecified atom stereocenters. The molecule has 1 N–H and O–H groups in total. The van der Waals surface area contributed by atoms with Crippen molar-refractivity contribution in [1.82, 2.24) is 9.88 Å². The lowest BCUT2D eigenvalue weighted by atomic mass is 9.86. The first-order valence-electron chi connectivity index (χ1n) is 11.6. The zero-order valence-corrected chi connectivity index (χ0v) is 19.5. The van der Waals surface area contributed by atoms with E-state index < -0.39 is 11.8 Å². The largest absolute Gasteiger partial charge is 0.358 e.